The van der Waals surface area contributed by atoms with E-state index in [1.165, 1.54) is 17.5 Å². The molecule has 3 N–H and O–H groups in total. The first-order valence-electron chi connectivity index (χ1n) is 18.3. The normalized spacial score (nSPS) is 19.0. The summed E-state index contributed by atoms with van der Waals surface area (Å²) in [4.78, 5) is 69.5. The van der Waals surface area contributed by atoms with Gasteiger partial charge in [-0.3, -0.25) is 19.3 Å². The summed E-state index contributed by atoms with van der Waals surface area (Å²) in [7, 11) is -0.534. The van der Waals surface area contributed by atoms with Gasteiger partial charge in [0, 0.05) is 19.6 Å². The van der Waals surface area contributed by atoms with E-state index in [9.17, 15) is 29.1 Å². The highest BCUT2D eigenvalue weighted by atomic mass is 28.3. The van der Waals surface area contributed by atoms with Crippen molar-refractivity contribution in [2.24, 2.45) is 0 Å². The zero-order chi connectivity index (χ0) is 38.7. The molecule has 1 aliphatic heterocycles. The van der Waals surface area contributed by atoms with Gasteiger partial charge in [0.25, 0.3) is 0 Å². The number of ether oxygens (including phenoxy) is 1. The average molecular weight is 741 g/mol. The standard InChI is InChI=1S/C41H52N4O7Si/c1-26(44(5)40(51)52-41(2,3)4)36(46)43-34(23-27-15-17-28(18-16-27)29-19-21-31(22-20-29)39(49)50)38(48)45-25-53(6,7)24-35(45)37(47)42-33-14-10-12-30-11-8-9-13-32(30)33/h8-9,11,13,15-22,26,33-35H,10,12,14,23-25H2,1-7H3,(H,42,47)(H,43,46)(H,49,50)/t26?,33-,34?,35?/m1/s1. The lowest BCUT2D eigenvalue weighted by molar-refractivity contribution is -0.141. The van der Waals surface area contributed by atoms with E-state index in [0.29, 0.717) is 12.2 Å². The average Bonchev–Trinajstić information content (AvgIpc) is 3.45. The number of carbonyl (C=O) groups excluding carboxylic acids is 4. The molecule has 4 atom stereocenters. The van der Waals surface area contributed by atoms with Crippen molar-refractivity contribution in [1.29, 1.82) is 0 Å². The summed E-state index contributed by atoms with van der Waals surface area (Å²) in [6.45, 7) is 11.2. The molecule has 3 unspecified atom stereocenters. The largest absolute Gasteiger partial charge is 0.478 e. The molecule has 0 spiro atoms. The number of amides is 4. The Morgan fingerprint density at radius 1 is 0.962 bits per heavy atom. The van der Waals surface area contributed by atoms with Crippen LogP contribution in [-0.4, -0.2) is 89.7 Å². The Morgan fingerprint density at radius 2 is 1.58 bits per heavy atom. The van der Waals surface area contributed by atoms with E-state index >= 15 is 0 Å². The molecule has 5 rings (SSSR count). The number of carbonyl (C=O) groups is 5. The van der Waals surface area contributed by atoms with Crippen molar-refractivity contribution in [3.8, 4) is 11.1 Å². The van der Waals surface area contributed by atoms with E-state index in [4.69, 9.17) is 4.74 Å². The van der Waals surface area contributed by atoms with E-state index in [1.54, 1.807) is 56.9 Å². The van der Waals surface area contributed by atoms with Crippen LogP contribution in [0.2, 0.25) is 19.1 Å². The van der Waals surface area contributed by atoms with Crippen LogP contribution in [0.5, 0.6) is 0 Å². The topological polar surface area (TPSA) is 145 Å². The number of carboxylic acid groups (broad SMARTS) is 1. The number of aryl methyl sites for hydroxylation is 1. The number of likely N-dealkylation sites (N-methyl/N-ethyl adjacent to an activating group) is 1. The first kappa shape index (κ1) is 39.2. The maximum Gasteiger partial charge on any atom is 0.410 e. The molecule has 1 saturated heterocycles. The molecule has 2 aliphatic rings. The molecular weight excluding hydrogens is 689 g/mol. The molecule has 0 aromatic heterocycles. The quantitative estimate of drug-likeness (QED) is 0.217. The number of nitrogens with zero attached hydrogens (tertiary/aromatic N) is 2. The van der Waals surface area contributed by atoms with E-state index in [-0.39, 0.29) is 29.8 Å². The van der Waals surface area contributed by atoms with Crippen LogP contribution in [-0.2, 0) is 32.0 Å². The number of aromatic carboxylic acids is 1. The minimum Gasteiger partial charge on any atom is -0.478 e. The summed E-state index contributed by atoms with van der Waals surface area (Å²) >= 11 is 0. The van der Waals surface area contributed by atoms with E-state index in [1.807, 2.05) is 36.4 Å². The highest BCUT2D eigenvalue weighted by Gasteiger charge is 2.47. The minimum absolute atomic E-state index is 0.131. The number of hydrogen-bond acceptors (Lipinski definition) is 6. The Labute approximate surface area is 313 Å². The third-order valence-electron chi connectivity index (χ3n) is 10.1. The monoisotopic (exact) mass is 740 g/mol. The summed E-state index contributed by atoms with van der Waals surface area (Å²) in [6, 6.07) is 20.1. The Balaban J connectivity index is 1.39. The molecule has 4 amide bonds. The fourth-order valence-corrected chi connectivity index (χ4v) is 10.0. The summed E-state index contributed by atoms with van der Waals surface area (Å²) in [6.07, 6.45) is 2.71. The molecule has 282 valence electrons. The van der Waals surface area contributed by atoms with Crippen LogP contribution in [0.25, 0.3) is 11.1 Å². The zero-order valence-corrected chi connectivity index (χ0v) is 32.8. The molecule has 0 saturated carbocycles. The van der Waals surface area contributed by atoms with Crippen LogP contribution in [0.15, 0.2) is 72.8 Å². The number of nitrogens with one attached hydrogen (secondary N) is 2. The molecule has 1 aliphatic carbocycles. The van der Waals surface area contributed by atoms with Gasteiger partial charge in [-0.15, -0.1) is 0 Å². The SMILES string of the molecule is CC(C(=O)NC(Cc1ccc(-c2ccc(C(=O)O)cc2)cc1)C(=O)N1C[Si](C)(C)CC1C(=O)N[C@@H]1CCCc2ccccc21)N(C)C(=O)OC(C)(C)C. The number of fused-ring (bicyclic) bond motifs is 1. The molecule has 0 radical (unpaired) electrons. The molecule has 1 heterocycles. The van der Waals surface area contributed by atoms with Crippen molar-refractivity contribution >= 4 is 37.9 Å². The second-order valence-corrected chi connectivity index (χ2v) is 21.2. The smallest absolute Gasteiger partial charge is 0.410 e. The van der Waals surface area contributed by atoms with Crippen molar-refractivity contribution in [3.63, 3.8) is 0 Å². The van der Waals surface area contributed by atoms with E-state index in [0.717, 1.165) is 41.5 Å². The molecule has 53 heavy (non-hydrogen) atoms. The molecule has 12 heteroatoms. The van der Waals surface area contributed by atoms with Gasteiger partial charge in [-0.1, -0.05) is 73.8 Å². The van der Waals surface area contributed by atoms with E-state index in [2.05, 4.69) is 35.9 Å². The Hall–Kier alpha value is -4.97. The second kappa shape index (κ2) is 16.0. The fraction of sp³-hybridized carbons (Fsp3) is 0.439. The number of carboxylic acids is 1. The van der Waals surface area contributed by atoms with Crippen LogP contribution >= 0.6 is 0 Å². The number of benzene rings is 3. The van der Waals surface area contributed by atoms with Gasteiger partial charge in [0.1, 0.15) is 23.7 Å². The lowest BCUT2D eigenvalue weighted by Gasteiger charge is -2.33. The summed E-state index contributed by atoms with van der Waals surface area (Å²) in [5.74, 6) is -2.05. The molecular formula is C41H52N4O7Si. The second-order valence-electron chi connectivity index (χ2n) is 16.1. The highest BCUT2D eigenvalue weighted by molar-refractivity contribution is 6.79. The predicted octanol–water partition coefficient (Wildman–Crippen LogP) is 5.99. The molecule has 3 aromatic carbocycles. The van der Waals surface area contributed by atoms with E-state index < -0.39 is 49.8 Å². The van der Waals surface area contributed by atoms with Gasteiger partial charge in [-0.25, -0.2) is 9.59 Å². The van der Waals surface area contributed by atoms with Gasteiger partial charge in [-0.05, 0) is 93.0 Å². The summed E-state index contributed by atoms with van der Waals surface area (Å²) < 4.78 is 5.48. The van der Waals surface area contributed by atoms with Crippen molar-refractivity contribution in [3.05, 3.63) is 95.1 Å². The van der Waals surface area contributed by atoms with Gasteiger partial charge < -0.3 is 25.4 Å². The third-order valence-corrected chi connectivity index (χ3v) is 12.8. The molecule has 1 fully saturated rings. The fourth-order valence-electron chi connectivity index (χ4n) is 7.14. The van der Waals surface area contributed by atoms with Crippen molar-refractivity contribution in [2.75, 3.05) is 13.2 Å². The van der Waals surface area contributed by atoms with Crippen molar-refractivity contribution in [1.82, 2.24) is 20.4 Å². The van der Waals surface area contributed by atoms with Crippen LogP contribution in [0.4, 0.5) is 4.79 Å². The summed E-state index contributed by atoms with van der Waals surface area (Å²) in [5.41, 5.74) is 4.25. The molecule has 11 nitrogen and oxygen atoms in total. The van der Waals surface area contributed by atoms with Crippen LogP contribution in [0, 0.1) is 0 Å². The molecule has 0 bridgehead atoms. The van der Waals surface area contributed by atoms with Crippen molar-refractivity contribution in [2.45, 2.75) is 102 Å². The highest BCUT2D eigenvalue weighted by Crippen LogP contribution is 2.32. The predicted molar refractivity (Wildman–Crippen MR) is 206 cm³/mol. The lowest BCUT2D eigenvalue weighted by atomic mass is 9.87. The number of hydrogen-bond donors (Lipinski definition) is 3. The minimum atomic E-state index is -2.02. The van der Waals surface area contributed by atoms with Gasteiger partial charge >= 0.3 is 12.1 Å². The van der Waals surface area contributed by atoms with Gasteiger partial charge in [0.2, 0.25) is 17.7 Å². The van der Waals surface area contributed by atoms with Crippen LogP contribution < -0.4 is 10.6 Å². The molecule has 3 aromatic rings. The maximum absolute atomic E-state index is 14.7. The van der Waals surface area contributed by atoms with Crippen molar-refractivity contribution < 1.29 is 33.8 Å². The van der Waals surface area contributed by atoms with Gasteiger partial charge in [-0.2, -0.15) is 0 Å². The summed E-state index contributed by atoms with van der Waals surface area (Å²) in [5, 5.41) is 15.5. The number of rotatable bonds is 10. The lowest BCUT2D eigenvalue weighted by Crippen LogP contribution is -2.57. The van der Waals surface area contributed by atoms with Gasteiger partial charge in [0.05, 0.1) is 19.7 Å². The first-order valence-corrected chi connectivity index (χ1v) is 21.7. The van der Waals surface area contributed by atoms with Crippen LogP contribution in [0.3, 0.4) is 0 Å². The maximum atomic E-state index is 14.7. The zero-order valence-electron chi connectivity index (χ0n) is 31.8. The Morgan fingerprint density at radius 3 is 2.21 bits per heavy atom. The Kier molecular flexibility index (Phi) is 11.8. The van der Waals surface area contributed by atoms with Crippen LogP contribution in [0.1, 0.15) is 73.6 Å². The first-order chi connectivity index (χ1) is 24.9. The Bertz CT molecular complexity index is 1840. The third kappa shape index (κ3) is 9.72. The van der Waals surface area contributed by atoms with Gasteiger partial charge in [0.15, 0.2) is 0 Å².